The molecule has 4 heteroatoms. The summed E-state index contributed by atoms with van der Waals surface area (Å²) in [5, 5.41) is 0.944. The van der Waals surface area contributed by atoms with E-state index in [2.05, 4.69) is 20.9 Å². The van der Waals surface area contributed by atoms with Gasteiger partial charge in [0.25, 0.3) is 5.56 Å². The van der Waals surface area contributed by atoms with Crippen molar-refractivity contribution < 1.29 is 4.79 Å². The second-order valence-corrected chi connectivity index (χ2v) is 6.22. The first-order valence-electron chi connectivity index (χ1n) is 7.15. The Balaban J connectivity index is 1.96. The highest BCUT2D eigenvalue weighted by atomic mass is 79.9. The number of hydrogen-bond donors (Lipinski definition) is 1. The molecule has 3 nitrogen and oxygen atoms in total. The third-order valence-electron chi connectivity index (χ3n) is 3.64. The van der Waals surface area contributed by atoms with Crippen molar-refractivity contribution in [1.82, 2.24) is 4.98 Å². The Kier molecular flexibility index (Phi) is 4.26. The lowest BCUT2D eigenvalue weighted by atomic mass is 10.1. The minimum absolute atomic E-state index is 0.143. The van der Waals surface area contributed by atoms with Gasteiger partial charge < -0.3 is 4.98 Å². The Labute approximate surface area is 141 Å². The van der Waals surface area contributed by atoms with Crippen molar-refractivity contribution in [2.75, 3.05) is 0 Å². The van der Waals surface area contributed by atoms with Gasteiger partial charge in [-0.05, 0) is 48.2 Å². The normalized spacial score (nSPS) is 11.2. The number of para-hydroxylation sites is 1. The molecular formula is C19H14BrNO2. The van der Waals surface area contributed by atoms with Crippen LogP contribution in [0.2, 0.25) is 0 Å². The zero-order valence-corrected chi connectivity index (χ0v) is 14.1. The molecule has 1 heterocycles. The molecule has 0 amide bonds. The first-order chi connectivity index (χ1) is 11.0. The van der Waals surface area contributed by atoms with Gasteiger partial charge in [0, 0.05) is 15.6 Å². The lowest BCUT2D eigenvalue weighted by Gasteiger charge is -2.02. The van der Waals surface area contributed by atoms with Crippen molar-refractivity contribution in [3.05, 3.63) is 86.1 Å². The molecule has 23 heavy (non-hydrogen) atoms. The van der Waals surface area contributed by atoms with Crippen LogP contribution < -0.4 is 5.56 Å². The van der Waals surface area contributed by atoms with E-state index in [0.717, 1.165) is 20.9 Å². The summed E-state index contributed by atoms with van der Waals surface area (Å²) in [5.74, 6) is -0.143. The summed E-state index contributed by atoms with van der Waals surface area (Å²) < 4.78 is 0.843. The molecule has 0 fully saturated rings. The monoisotopic (exact) mass is 367 g/mol. The Morgan fingerprint density at radius 2 is 1.91 bits per heavy atom. The van der Waals surface area contributed by atoms with Gasteiger partial charge in [0.2, 0.25) is 0 Å². The number of hydrogen-bond acceptors (Lipinski definition) is 2. The number of rotatable bonds is 3. The second-order valence-electron chi connectivity index (χ2n) is 5.30. The third-order valence-corrected chi connectivity index (χ3v) is 4.13. The molecule has 0 aliphatic rings. The smallest absolute Gasteiger partial charge is 0.255 e. The maximum atomic E-state index is 12.2. The minimum atomic E-state index is -0.204. The van der Waals surface area contributed by atoms with E-state index < -0.39 is 0 Å². The molecule has 1 aromatic heterocycles. The van der Waals surface area contributed by atoms with Crippen LogP contribution in [-0.4, -0.2) is 10.8 Å². The molecule has 1 N–H and O–H groups in total. The highest BCUT2D eigenvalue weighted by Crippen LogP contribution is 2.16. The van der Waals surface area contributed by atoms with Crippen LogP contribution in [0.3, 0.4) is 0 Å². The summed E-state index contributed by atoms with van der Waals surface area (Å²) in [6.07, 6.45) is 2.98. The number of aryl methyl sites for hydroxylation is 1. The molecule has 0 radical (unpaired) electrons. The van der Waals surface area contributed by atoms with Crippen LogP contribution in [-0.2, 0) is 0 Å². The summed E-state index contributed by atoms with van der Waals surface area (Å²) in [6, 6.07) is 14.8. The van der Waals surface area contributed by atoms with Crippen LogP contribution in [0.5, 0.6) is 0 Å². The van der Waals surface area contributed by atoms with Crippen molar-refractivity contribution in [2.24, 2.45) is 0 Å². The standard InChI is InChI=1S/C19H14BrNO2/c1-12-4-2-6-14-10-15(19(23)21-18(12)14)8-9-17(22)13-5-3-7-16(20)11-13/h2-11H,1H3,(H,21,23)/b9-8+. The zero-order chi connectivity index (χ0) is 16.4. The van der Waals surface area contributed by atoms with Gasteiger partial charge >= 0.3 is 0 Å². The first-order valence-corrected chi connectivity index (χ1v) is 7.94. The van der Waals surface area contributed by atoms with Crippen LogP contribution in [0, 0.1) is 6.92 Å². The fourth-order valence-electron chi connectivity index (χ4n) is 2.43. The maximum absolute atomic E-state index is 12.2. The van der Waals surface area contributed by atoms with Crippen LogP contribution in [0.1, 0.15) is 21.5 Å². The average molecular weight is 368 g/mol. The van der Waals surface area contributed by atoms with E-state index in [1.807, 2.05) is 31.2 Å². The minimum Gasteiger partial charge on any atom is -0.321 e. The van der Waals surface area contributed by atoms with Gasteiger partial charge in [-0.25, -0.2) is 0 Å². The molecule has 0 spiro atoms. The van der Waals surface area contributed by atoms with Gasteiger partial charge in [0.05, 0.1) is 5.52 Å². The van der Waals surface area contributed by atoms with Crippen molar-refractivity contribution >= 4 is 38.7 Å². The Hall–Kier alpha value is -2.46. The summed E-state index contributed by atoms with van der Waals surface area (Å²) in [7, 11) is 0. The molecule has 0 saturated carbocycles. The molecule has 114 valence electrons. The molecule has 0 atom stereocenters. The molecule has 0 aliphatic carbocycles. The van der Waals surface area contributed by atoms with Crippen molar-refractivity contribution in [2.45, 2.75) is 6.92 Å². The van der Waals surface area contributed by atoms with E-state index in [0.29, 0.717) is 11.1 Å². The molecular weight excluding hydrogens is 354 g/mol. The number of allylic oxidation sites excluding steroid dienone is 1. The highest BCUT2D eigenvalue weighted by Gasteiger charge is 2.05. The van der Waals surface area contributed by atoms with E-state index in [-0.39, 0.29) is 11.3 Å². The van der Waals surface area contributed by atoms with Crippen LogP contribution in [0.4, 0.5) is 0 Å². The Morgan fingerprint density at radius 3 is 2.70 bits per heavy atom. The number of fused-ring (bicyclic) bond motifs is 1. The van der Waals surface area contributed by atoms with Crippen molar-refractivity contribution in [3.8, 4) is 0 Å². The van der Waals surface area contributed by atoms with Crippen LogP contribution in [0.25, 0.3) is 17.0 Å². The predicted octanol–water partition coefficient (Wildman–Crippen LogP) is 4.50. The predicted molar refractivity (Wildman–Crippen MR) is 96.8 cm³/mol. The summed E-state index contributed by atoms with van der Waals surface area (Å²) >= 11 is 3.34. The zero-order valence-electron chi connectivity index (χ0n) is 12.5. The number of H-pyrrole nitrogens is 1. The van der Waals surface area contributed by atoms with Crippen molar-refractivity contribution in [3.63, 3.8) is 0 Å². The fourth-order valence-corrected chi connectivity index (χ4v) is 2.83. The Morgan fingerprint density at radius 1 is 1.13 bits per heavy atom. The number of halogens is 1. The van der Waals surface area contributed by atoms with E-state index in [4.69, 9.17) is 0 Å². The highest BCUT2D eigenvalue weighted by molar-refractivity contribution is 9.10. The fraction of sp³-hybridized carbons (Fsp3) is 0.0526. The van der Waals surface area contributed by atoms with Gasteiger partial charge in [0.1, 0.15) is 0 Å². The maximum Gasteiger partial charge on any atom is 0.255 e. The lowest BCUT2D eigenvalue weighted by Crippen LogP contribution is -2.09. The average Bonchev–Trinajstić information content (AvgIpc) is 2.53. The van der Waals surface area contributed by atoms with E-state index in [1.54, 1.807) is 30.3 Å². The van der Waals surface area contributed by atoms with E-state index in [1.165, 1.54) is 6.08 Å². The first kappa shape index (κ1) is 15.4. The topological polar surface area (TPSA) is 49.9 Å². The van der Waals surface area contributed by atoms with Gasteiger partial charge in [-0.15, -0.1) is 0 Å². The van der Waals surface area contributed by atoms with Gasteiger partial charge in [-0.2, -0.15) is 0 Å². The quantitative estimate of drug-likeness (QED) is 0.547. The van der Waals surface area contributed by atoms with Gasteiger partial charge in [-0.3, -0.25) is 9.59 Å². The SMILES string of the molecule is Cc1cccc2cc(/C=C/C(=O)c3cccc(Br)c3)c(=O)[nH]c12. The van der Waals surface area contributed by atoms with Gasteiger partial charge in [-0.1, -0.05) is 46.3 Å². The molecule has 2 aromatic carbocycles. The van der Waals surface area contributed by atoms with E-state index >= 15 is 0 Å². The number of pyridine rings is 1. The third kappa shape index (κ3) is 3.32. The number of nitrogens with one attached hydrogen (secondary N) is 1. The molecule has 3 aromatic rings. The molecule has 0 aliphatic heterocycles. The lowest BCUT2D eigenvalue weighted by molar-refractivity contribution is 0.104. The molecule has 3 rings (SSSR count). The number of carbonyl (C=O) groups is 1. The number of benzene rings is 2. The molecule has 0 saturated heterocycles. The Bertz CT molecular complexity index is 986. The van der Waals surface area contributed by atoms with Crippen LogP contribution in [0.15, 0.2) is 63.9 Å². The van der Waals surface area contributed by atoms with Crippen LogP contribution >= 0.6 is 15.9 Å². The summed E-state index contributed by atoms with van der Waals surface area (Å²) in [4.78, 5) is 27.2. The number of carbonyl (C=O) groups excluding carboxylic acids is 1. The van der Waals surface area contributed by atoms with E-state index in [9.17, 15) is 9.59 Å². The number of aromatic nitrogens is 1. The summed E-state index contributed by atoms with van der Waals surface area (Å²) in [5.41, 5.74) is 2.67. The summed E-state index contributed by atoms with van der Waals surface area (Å²) in [6.45, 7) is 1.95. The number of aromatic amines is 1. The largest absolute Gasteiger partial charge is 0.321 e. The molecule has 0 unspecified atom stereocenters. The van der Waals surface area contributed by atoms with Gasteiger partial charge in [0.15, 0.2) is 5.78 Å². The molecule has 0 bridgehead atoms. The second kappa shape index (κ2) is 6.34. The van der Waals surface area contributed by atoms with Crippen molar-refractivity contribution in [1.29, 1.82) is 0 Å². The number of ketones is 1.